The molecule has 1 amide bonds. The van der Waals surface area contributed by atoms with E-state index >= 15 is 0 Å². The Morgan fingerprint density at radius 2 is 1.69 bits per heavy atom. The van der Waals surface area contributed by atoms with E-state index in [-0.39, 0.29) is 16.3 Å². The maximum atomic E-state index is 14.9. The largest absolute Gasteiger partial charge is 0.507 e. The van der Waals surface area contributed by atoms with E-state index in [1.165, 1.54) is 6.07 Å². The molecule has 4 aromatic rings. The Morgan fingerprint density at radius 3 is 2.41 bits per heavy atom. The van der Waals surface area contributed by atoms with Gasteiger partial charge < -0.3 is 5.11 Å². The lowest BCUT2D eigenvalue weighted by molar-refractivity contribution is -0.132. The molecule has 0 radical (unpaired) electrons. The molecule has 1 N–H and O–H groups in total. The normalized spacial score (nSPS) is 17.9. The number of halogens is 2. The fourth-order valence-corrected chi connectivity index (χ4v) is 4.75. The molecule has 8 heteroatoms. The van der Waals surface area contributed by atoms with Gasteiger partial charge in [0.05, 0.1) is 15.8 Å². The maximum absolute atomic E-state index is 14.9. The van der Waals surface area contributed by atoms with Crippen LogP contribution in [0.3, 0.4) is 0 Å². The zero-order chi connectivity index (χ0) is 22.4. The molecule has 2 heterocycles. The Labute approximate surface area is 184 Å². The quantitative estimate of drug-likeness (QED) is 0.266. The molecule has 5 nitrogen and oxygen atoms in total. The van der Waals surface area contributed by atoms with Gasteiger partial charge in [0.25, 0.3) is 5.78 Å². The zero-order valence-electron chi connectivity index (χ0n) is 16.3. The lowest BCUT2D eigenvalue weighted by Crippen LogP contribution is -2.29. The van der Waals surface area contributed by atoms with Crippen molar-refractivity contribution in [1.29, 1.82) is 0 Å². The van der Waals surface area contributed by atoms with Crippen LogP contribution in [0.4, 0.5) is 13.9 Å². The predicted molar refractivity (Wildman–Crippen MR) is 117 cm³/mol. The second-order valence-electron chi connectivity index (χ2n) is 7.17. The summed E-state index contributed by atoms with van der Waals surface area (Å²) in [5, 5.41) is 11.1. The molecule has 1 atom stereocenters. The number of ketones is 1. The summed E-state index contributed by atoms with van der Waals surface area (Å²) in [5.41, 5.74) is 0.492. The Kier molecular flexibility index (Phi) is 4.79. The van der Waals surface area contributed by atoms with Crippen molar-refractivity contribution in [1.82, 2.24) is 4.98 Å². The van der Waals surface area contributed by atoms with Crippen molar-refractivity contribution in [3.63, 3.8) is 0 Å². The summed E-state index contributed by atoms with van der Waals surface area (Å²) in [6, 6.07) is 16.9. The summed E-state index contributed by atoms with van der Waals surface area (Å²) >= 11 is 1.16. The van der Waals surface area contributed by atoms with E-state index in [2.05, 4.69) is 4.98 Å². The Balaban J connectivity index is 1.77. The van der Waals surface area contributed by atoms with Crippen LogP contribution in [0, 0.1) is 11.6 Å². The second-order valence-corrected chi connectivity index (χ2v) is 8.17. The van der Waals surface area contributed by atoms with Crippen LogP contribution in [0.1, 0.15) is 17.2 Å². The Hall–Kier alpha value is -3.91. The number of anilines is 1. The monoisotopic (exact) mass is 448 g/mol. The molecular weight excluding hydrogens is 434 g/mol. The number of aromatic nitrogens is 1. The summed E-state index contributed by atoms with van der Waals surface area (Å²) in [6.45, 7) is 0. The van der Waals surface area contributed by atoms with Gasteiger partial charge in [0.1, 0.15) is 23.4 Å². The fraction of sp³-hybridized carbons (Fsp3) is 0.0417. The van der Waals surface area contributed by atoms with Gasteiger partial charge in [-0.05, 0) is 18.2 Å². The number of para-hydroxylation sites is 1. The van der Waals surface area contributed by atoms with E-state index < -0.39 is 35.1 Å². The first-order valence-corrected chi connectivity index (χ1v) is 10.4. The molecule has 0 saturated carbocycles. The number of carbonyl (C=O) groups excluding carboxylic acids is 2. The smallest absolute Gasteiger partial charge is 0.301 e. The average molecular weight is 448 g/mol. The minimum Gasteiger partial charge on any atom is -0.507 e. The van der Waals surface area contributed by atoms with E-state index in [0.717, 1.165) is 27.0 Å². The lowest BCUT2D eigenvalue weighted by Gasteiger charge is -2.23. The van der Waals surface area contributed by atoms with Gasteiger partial charge in [-0.1, -0.05) is 59.9 Å². The number of thiazole rings is 1. The van der Waals surface area contributed by atoms with Gasteiger partial charge in [0.2, 0.25) is 0 Å². The summed E-state index contributed by atoms with van der Waals surface area (Å²) in [6.07, 6.45) is 0. The highest BCUT2D eigenvalue weighted by Gasteiger charge is 2.49. The number of fused-ring (bicyclic) bond motifs is 1. The van der Waals surface area contributed by atoms with Crippen LogP contribution < -0.4 is 4.90 Å². The number of rotatable bonds is 3. The molecule has 1 fully saturated rings. The number of benzene rings is 3. The van der Waals surface area contributed by atoms with Gasteiger partial charge in [-0.25, -0.2) is 13.8 Å². The van der Waals surface area contributed by atoms with Gasteiger partial charge >= 0.3 is 5.91 Å². The number of amides is 1. The minimum absolute atomic E-state index is 0.123. The number of hydrogen-bond acceptors (Lipinski definition) is 5. The Bertz CT molecular complexity index is 1380. The SMILES string of the molecule is O=C1C(=O)N(c2nc3ccccc3s2)C(c2ccc(F)cc2F)C1=C(O)c1ccccc1. The summed E-state index contributed by atoms with van der Waals surface area (Å²) in [5.74, 6) is -4.11. The first-order chi connectivity index (χ1) is 15.5. The van der Waals surface area contributed by atoms with Crippen molar-refractivity contribution in [3.8, 4) is 0 Å². The van der Waals surface area contributed by atoms with Crippen LogP contribution in [0.2, 0.25) is 0 Å². The Morgan fingerprint density at radius 1 is 0.969 bits per heavy atom. The number of carbonyl (C=O) groups is 2. The molecule has 3 aromatic carbocycles. The summed E-state index contributed by atoms with van der Waals surface area (Å²) in [4.78, 5) is 31.7. The van der Waals surface area contributed by atoms with E-state index in [4.69, 9.17) is 0 Å². The van der Waals surface area contributed by atoms with Crippen molar-refractivity contribution < 1.29 is 23.5 Å². The van der Waals surface area contributed by atoms with Crippen molar-refractivity contribution in [2.75, 3.05) is 4.90 Å². The van der Waals surface area contributed by atoms with E-state index in [0.29, 0.717) is 17.1 Å². The predicted octanol–water partition coefficient (Wildman–Crippen LogP) is 5.20. The number of aliphatic hydroxyl groups is 1. The molecule has 32 heavy (non-hydrogen) atoms. The molecule has 0 spiro atoms. The highest BCUT2D eigenvalue weighted by molar-refractivity contribution is 7.22. The minimum atomic E-state index is -1.31. The van der Waals surface area contributed by atoms with Gasteiger partial charge in [-0.2, -0.15) is 0 Å². The molecule has 5 rings (SSSR count). The van der Waals surface area contributed by atoms with E-state index in [9.17, 15) is 23.5 Å². The maximum Gasteiger partial charge on any atom is 0.301 e. The standard InChI is InChI=1S/C24H14F2N2O3S/c25-14-10-11-15(16(26)12-14)20-19(21(29)13-6-2-1-3-7-13)22(30)23(31)28(20)24-27-17-8-4-5-9-18(17)32-24/h1-12,20,29H. The van der Waals surface area contributed by atoms with E-state index in [1.54, 1.807) is 42.5 Å². The number of Topliss-reactive ketones (excluding diaryl/α,β-unsaturated/α-hetero) is 1. The van der Waals surface area contributed by atoms with E-state index in [1.807, 2.05) is 12.1 Å². The van der Waals surface area contributed by atoms with Crippen LogP contribution in [0.15, 0.2) is 78.4 Å². The molecule has 1 unspecified atom stereocenters. The molecule has 1 aliphatic heterocycles. The van der Waals surface area contributed by atoms with Crippen molar-refractivity contribution >= 4 is 44.1 Å². The van der Waals surface area contributed by atoms with Crippen LogP contribution in [0.5, 0.6) is 0 Å². The third-order valence-electron chi connectivity index (χ3n) is 5.24. The molecule has 1 saturated heterocycles. The number of nitrogens with zero attached hydrogens (tertiary/aromatic N) is 2. The van der Waals surface area contributed by atoms with Crippen LogP contribution in [0.25, 0.3) is 16.0 Å². The first-order valence-electron chi connectivity index (χ1n) is 9.62. The summed E-state index contributed by atoms with van der Waals surface area (Å²) in [7, 11) is 0. The van der Waals surface area contributed by atoms with Crippen LogP contribution in [-0.4, -0.2) is 21.8 Å². The zero-order valence-corrected chi connectivity index (χ0v) is 17.1. The fourth-order valence-electron chi connectivity index (χ4n) is 3.76. The van der Waals surface area contributed by atoms with Crippen molar-refractivity contribution in [3.05, 3.63) is 101 Å². The third-order valence-corrected chi connectivity index (χ3v) is 6.27. The highest BCUT2D eigenvalue weighted by Crippen LogP contribution is 2.44. The molecule has 1 aromatic heterocycles. The average Bonchev–Trinajstić information content (AvgIpc) is 3.32. The molecule has 1 aliphatic rings. The topological polar surface area (TPSA) is 70.5 Å². The van der Waals surface area contributed by atoms with Gasteiger partial charge in [0, 0.05) is 17.2 Å². The highest BCUT2D eigenvalue weighted by atomic mass is 32.1. The lowest BCUT2D eigenvalue weighted by atomic mass is 9.95. The van der Waals surface area contributed by atoms with Gasteiger partial charge in [0.15, 0.2) is 5.13 Å². The van der Waals surface area contributed by atoms with Crippen LogP contribution in [-0.2, 0) is 9.59 Å². The molecule has 0 aliphatic carbocycles. The van der Waals surface area contributed by atoms with Gasteiger partial charge in [-0.3, -0.25) is 14.5 Å². The first kappa shape index (κ1) is 20.0. The number of hydrogen-bond donors (Lipinski definition) is 1. The van der Waals surface area contributed by atoms with Crippen LogP contribution >= 0.6 is 11.3 Å². The second kappa shape index (κ2) is 7.65. The molecule has 0 bridgehead atoms. The van der Waals surface area contributed by atoms with Gasteiger partial charge in [-0.15, -0.1) is 0 Å². The molecular formula is C24H14F2N2O3S. The van der Waals surface area contributed by atoms with Crippen molar-refractivity contribution in [2.24, 2.45) is 0 Å². The molecule has 158 valence electrons. The third kappa shape index (κ3) is 3.16. The van der Waals surface area contributed by atoms with Crippen molar-refractivity contribution in [2.45, 2.75) is 6.04 Å². The summed E-state index contributed by atoms with van der Waals surface area (Å²) < 4.78 is 29.3. The number of aliphatic hydroxyl groups excluding tert-OH is 1.